The molecule has 0 aromatic heterocycles. The molecule has 0 radical (unpaired) electrons. The molecule has 9 nitrogen and oxygen atoms in total. The molecular formula is C68H124NO8+. The first-order valence-electron chi connectivity index (χ1n) is 32.5. The van der Waals surface area contributed by atoms with Crippen molar-refractivity contribution in [2.75, 3.05) is 47.5 Å². The molecule has 448 valence electrons. The Hall–Kier alpha value is -3.01. The summed E-state index contributed by atoms with van der Waals surface area (Å²) in [6, 6.07) is 0. The molecule has 0 bridgehead atoms. The summed E-state index contributed by atoms with van der Waals surface area (Å²) in [6.45, 7) is 4.80. The number of aliphatic carboxylic acids is 1. The molecule has 0 saturated carbocycles. The van der Waals surface area contributed by atoms with Crippen LogP contribution in [0.3, 0.4) is 0 Å². The van der Waals surface area contributed by atoms with Crippen LogP contribution in [0, 0.1) is 0 Å². The van der Waals surface area contributed by atoms with Crippen LogP contribution in [0.15, 0.2) is 60.8 Å². The maximum Gasteiger partial charge on any atom is 0.361 e. The summed E-state index contributed by atoms with van der Waals surface area (Å²) < 4.78 is 23.0. The van der Waals surface area contributed by atoms with Crippen molar-refractivity contribution in [3.05, 3.63) is 60.8 Å². The summed E-state index contributed by atoms with van der Waals surface area (Å²) >= 11 is 0. The highest BCUT2D eigenvalue weighted by Crippen LogP contribution is 2.17. The second-order valence-electron chi connectivity index (χ2n) is 23.0. The van der Waals surface area contributed by atoms with Crippen molar-refractivity contribution in [1.29, 1.82) is 0 Å². The molecule has 0 aliphatic heterocycles. The number of nitrogens with zero attached hydrogens (tertiary/aromatic N) is 1. The lowest BCUT2D eigenvalue weighted by Crippen LogP contribution is -2.40. The van der Waals surface area contributed by atoms with Gasteiger partial charge in [-0.3, -0.25) is 9.59 Å². The first-order chi connectivity index (χ1) is 37.6. The van der Waals surface area contributed by atoms with Crippen LogP contribution >= 0.6 is 0 Å². The van der Waals surface area contributed by atoms with Crippen molar-refractivity contribution in [3.8, 4) is 0 Å². The molecule has 0 saturated heterocycles. The Morgan fingerprint density at radius 3 is 1.12 bits per heavy atom. The molecule has 0 aromatic rings. The number of quaternary nitrogens is 1. The molecule has 0 amide bonds. The normalized spacial score (nSPS) is 13.1. The largest absolute Gasteiger partial charge is 0.477 e. The van der Waals surface area contributed by atoms with Crippen molar-refractivity contribution in [2.24, 2.45) is 0 Å². The third-order valence-corrected chi connectivity index (χ3v) is 14.3. The molecule has 9 heteroatoms. The fourth-order valence-corrected chi connectivity index (χ4v) is 9.30. The molecule has 1 N–H and O–H groups in total. The molecule has 0 heterocycles. The summed E-state index contributed by atoms with van der Waals surface area (Å²) in [6.07, 6.45) is 73.1. The predicted octanol–water partition coefficient (Wildman–Crippen LogP) is 19.6. The zero-order valence-electron chi connectivity index (χ0n) is 51.1. The smallest absolute Gasteiger partial charge is 0.361 e. The van der Waals surface area contributed by atoms with Crippen LogP contribution in [-0.4, -0.2) is 87.4 Å². The van der Waals surface area contributed by atoms with Gasteiger partial charge in [0.2, 0.25) is 0 Å². The van der Waals surface area contributed by atoms with E-state index in [0.29, 0.717) is 17.4 Å². The second-order valence-corrected chi connectivity index (χ2v) is 23.0. The van der Waals surface area contributed by atoms with E-state index in [-0.39, 0.29) is 32.2 Å². The lowest BCUT2D eigenvalue weighted by molar-refractivity contribution is -0.870. The van der Waals surface area contributed by atoms with Crippen molar-refractivity contribution < 1.29 is 42.9 Å². The number of hydrogen-bond acceptors (Lipinski definition) is 7. The Balaban J connectivity index is 4.15. The topological polar surface area (TPSA) is 108 Å². The number of hydrogen-bond donors (Lipinski definition) is 1. The maximum absolute atomic E-state index is 12.9. The van der Waals surface area contributed by atoms with Crippen LogP contribution < -0.4 is 0 Å². The van der Waals surface area contributed by atoms with Gasteiger partial charge >= 0.3 is 17.9 Å². The van der Waals surface area contributed by atoms with Gasteiger partial charge in [0.05, 0.1) is 34.4 Å². The first-order valence-corrected chi connectivity index (χ1v) is 32.5. The van der Waals surface area contributed by atoms with Crippen LogP contribution in [0.5, 0.6) is 0 Å². The Morgan fingerprint density at radius 1 is 0.403 bits per heavy atom. The van der Waals surface area contributed by atoms with Crippen LogP contribution in [0.1, 0.15) is 296 Å². The molecule has 0 fully saturated rings. The fourth-order valence-electron chi connectivity index (χ4n) is 9.30. The lowest BCUT2D eigenvalue weighted by Gasteiger charge is -2.25. The average molecular weight is 1080 g/mol. The van der Waals surface area contributed by atoms with Gasteiger partial charge in [0, 0.05) is 12.8 Å². The standard InChI is InChI=1S/C68H123NO8/c1-6-8-10-12-14-16-18-20-22-24-26-28-30-32-33-35-36-38-40-42-44-46-48-50-52-54-56-58-65(70)75-62-64(63-76-68(67(72)73)74-61-60-69(3,4)5)77-66(71)59-57-55-53-51-49-47-45-43-41-39-37-34-31-29-27-25-23-21-19-17-15-13-11-9-7-2/h9,11,15,17,21,23-24,26-27,29,64,68H,6-8,10,12-14,16,18-20,22,25,28,30-63H2,1-5H3/p+1/b11-9-,17-15-,23-21-,26-24-,29-27-. The van der Waals surface area contributed by atoms with E-state index in [2.05, 4.69) is 74.6 Å². The summed E-state index contributed by atoms with van der Waals surface area (Å²) in [5.41, 5.74) is 0. The van der Waals surface area contributed by atoms with Crippen LogP contribution in [0.2, 0.25) is 0 Å². The molecule has 77 heavy (non-hydrogen) atoms. The highest BCUT2D eigenvalue weighted by Gasteiger charge is 2.25. The number of carbonyl (C=O) groups is 3. The van der Waals surface area contributed by atoms with E-state index in [1.165, 1.54) is 205 Å². The fraction of sp³-hybridized carbons (Fsp3) is 0.809. The Bertz CT molecular complexity index is 1450. The Morgan fingerprint density at radius 2 is 0.740 bits per heavy atom. The van der Waals surface area contributed by atoms with Crippen molar-refractivity contribution >= 4 is 17.9 Å². The van der Waals surface area contributed by atoms with Gasteiger partial charge in [0.25, 0.3) is 6.29 Å². The first kappa shape index (κ1) is 74.0. The number of rotatable bonds is 60. The maximum atomic E-state index is 12.9. The molecule has 0 spiro atoms. The SMILES string of the molecule is CC/C=C\C/C=C\C/C=C\C/C=C\CCCCCCCCCCCCCCC(=O)OC(COC(=O)CCCCCCCCCCCCCCCCC/C=C\CCCCCCCCCC)COC(OCC[N+](C)(C)C)C(=O)O. The van der Waals surface area contributed by atoms with Crippen molar-refractivity contribution in [2.45, 2.75) is 309 Å². The molecule has 0 aromatic carbocycles. The molecular weight excluding hydrogens is 959 g/mol. The minimum Gasteiger partial charge on any atom is -0.477 e. The molecule has 0 aliphatic carbocycles. The number of allylic oxidation sites excluding steroid dienone is 10. The highest BCUT2D eigenvalue weighted by atomic mass is 16.7. The van der Waals surface area contributed by atoms with E-state index in [9.17, 15) is 19.5 Å². The van der Waals surface area contributed by atoms with Gasteiger partial charge in [-0.25, -0.2) is 4.79 Å². The van der Waals surface area contributed by atoms with Gasteiger partial charge in [0.15, 0.2) is 6.10 Å². The number of carboxylic acid groups (broad SMARTS) is 1. The van der Waals surface area contributed by atoms with Crippen LogP contribution in [0.25, 0.3) is 0 Å². The Kier molecular flexibility index (Phi) is 56.8. The monoisotopic (exact) mass is 1080 g/mol. The predicted molar refractivity (Wildman–Crippen MR) is 327 cm³/mol. The third-order valence-electron chi connectivity index (χ3n) is 14.3. The second kappa shape index (κ2) is 59.1. The van der Waals surface area contributed by atoms with E-state index in [4.69, 9.17) is 18.9 Å². The quantitative estimate of drug-likeness (QED) is 0.0211. The zero-order chi connectivity index (χ0) is 56.2. The molecule has 0 aliphatic rings. The summed E-state index contributed by atoms with van der Waals surface area (Å²) in [4.78, 5) is 37.5. The number of ether oxygens (including phenoxy) is 4. The minimum absolute atomic E-state index is 0.181. The third kappa shape index (κ3) is 60.5. The van der Waals surface area contributed by atoms with E-state index < -0.39 is 24.3 Å². The van der Waals surface area contributed by atoms with Crippen molar-refractivity contribution in [3.63, 3.8) is 0 Å². The number of unbranched alkanes of at least 4 members (excludes halogenated alkanes) is 35. The minimum atomic E-state index is -1.51. The van der Waals surface area contributed by atoms with Gasteiger partial charge < -0.3 is 28.5 Å². The van der Waals surface area contributed by atoms with Gasteiger partial charge in [0.1, 0.15) is 13.2 Å². The number of esters is 2. The zero-order valence-corrected chi connectivity index (χ0v) is 51.1. The number of carbonyl (C=O) groups excluding carboxylic acids is 2. The van der Waals surface area contributed by atoms with Gasteiger partial charge in [-0.05, 0) is 77.0 Å². The van der Waals surface area contributed by atoms with Crippen LogP contribution in [-0.2, 0) is 33.3 Å². The van der Waals surface area contributed by atoms with Crippen molar-refractivity contribution in [1.82, 2.24) is 0 Å². The van der Waals surface area contributed by atoms with Crippen LogP contribution in [0.4, 0.5) is 0 Å². The summed E-state index contributed by atoms with van der Waals surface area (Å²) in [5.74, 6) is -1.99. The van der Waals surface area contributed by atoms with E-state index in [0.717, 1.165) is 64.2 Å². The molecule has 0 rings (SSSR count). The number of carboxylic acids is 1. The lowest BCUT2D eigenvalue weighted by atomic mass is 10.0. The number of likely N-dealkylation sites (N-methyl/N-ethyl adjacent to an activating group) is 1. The van der Waals surface area contributed by atoms with Gasteiger partial charge in [-0.1, -0.05) is 267 Å². The Labute approximate surface area is 475 Å². The molecule has 2 unspecified atom stereocenters. The summed E-state index contributed by atoms with van der Waals surface area (Å²) in [7, 11) is 5.98. The van der Waals surface area contributed by atoms with E-state index in [1.807, 2.05) is 21.1 Å². The van der Waals surface area contributed by atoms with Gasteiger partial charge in [-0.15, -0.1) is 0 Å². The van der Waals surface area contributed by atoms with E-state index >= 15 is 0 Å². The van der Waals surface area contributed by atoms with Gasteiger partial charge in [-0.2, -0.15) is 0 Å². The molecule has 2 atom stereocenters. The van der Waals surface area contributed by atoms with E-state index in [1.54, 1.807) is 0 Å². The highest BCUT2D eigenvalue weighted by molar-refractivity contribution is 5.71. The average Bonchev–Trinajstić information content (AvgIpc) is 3.40. The summed E-state index contributed by atoms with van der Waals surface area (Å²) in [5, 5.41) is 9.73.